The van der Waals surface area contributed by atoms with Crippen LogP contribution in [0.3, 0.4) is 0 Å². The highest BCUT2D eigenvalue weighted by atomic mass is 16.1. The van der Waals surface area contributed by atoms with Crippen LogP contribution in [0.15, 0.2) is 71.7 Å². The normalized spacial score (nSPS) is 11.3. The lowest BCUT2D eigenvalue weighted by Crippen LogP contribution is -2.25. The maximum atomic E-state index is 13.2. The SMILES string of the molecule is CC(C)Cn1c(-c2ccccc2)nc2c(cnn2-c2ccccc2)c1=O. The highest BCUT2D eigenvalue weighted by Gasteiger charge is 2.17. The Labute approximate surface area is 151 Å². The van der Waals surface area contributed by atoms with Crippen molar-refractivity contribution in [3.05, 3.63) is 77.2 Å². The number of benzene rings is 2. The maximum Gasteiger partial charge on any atom is 0.264 e. The highest BCUT2D eigenvalue weighted by Crippen LogP contribution is 2.21. The molecule has 0 fully saturated rings. The molecule has 5 heteroatoms. The van der Waals surface area contributed by atoms with Gasteiger partial charge in [0.15, 0.2) is 5.65 Å². The summed E-state index contributed by atoms with van der Waals surface area (Å²) in [6.07, 6.45) is 1.61. The summed E-state index contributed by atoms with van der Waals surface area (Å²) in [4.78, 5) is 18.0. The number of rotatable bonds is 4. The van der Waals surface area contributed by atoms with Crippen molar-refractivity contribution in [2.75, 3.05) is 0 Å². The van der Waals surface area contributed by atoms with Gasteiger partial charge in [0.25, 0.3) is 5.56 Å². The standard InChI is InChI=1S/C21H20N4O/c1-15(2)14-24-19(16-9-5-3-6-10-16)23-20-18(21(24)26)13-22-25(20)17-11-7-4-8-12-17/h3-13,15H,14H2,1-2H3. The minimum absolute atomic E-state index is 0.0512. The molecule has 2 heterocycles. The lowest BCUT2D eigenvalue weighted by Gasteiger charge is -2.15. The number of nitrogens with zero attached hydrogens (tertiary/aromatic N) is 4. The molecule has 0 atom stereocenters. The Bertz CT molecular complexity index is 1100. The van der Waals surface area contributed by atoms with Gasteiger partial charge in [-0.25, -0.2) is 9.67 Å². The summed E-state index contributed by atoms with van der Waals surface area (Å²) in [5.41, 5.74) is 2.34. The van der Waals surface area contributed by atoms with E-state index in [2.05, 4.69) is 18.9 Å². The van der Waals surface area contributed by atoms with E-state index in [4.69, 9.17) is 4.98 Å². The smallest absolute Gasteiger partial charge is 0.264 e. The van der Waals surface area contributed by atoms with Gasteiger partial charge in [0.05, 0.1) is 11.9 Å². The van der Waals surface area contributed by atoms with Gasteiger partial charge in [-0.3, -0.25) is 9.36 Å². The molecule has 0 radical (unpaired) electrons. The van der Waals surface area contributed by atoms with Crippen molar-refractivity contribution in [2.24, 2.45) is 5.92 Å². The van der Waals surface area contributed by atoms with Crippen LogP contribution in [0, 0.1) is 5.92 Å². The number of para-hydroxylation sites is 1. The Hall–Kier alpha value is -3.21. The van der Waals surface area contributed by atoms with E-state index in [1.807, 2.05) is 60.7 Å². The molecule has 0 bridgehead atoms. The van der Waals surface area contributed by atoms with Crippen LogP contribution in [0.25, 0.3) is 28.1 Å². The molecule has 0 unspecified atom stereocenters. The molecule has 0 aliphatic heterocycles. The van der Waals surface area contributed by atoms with E-state index >= 15 is 0 Å². The van der Waals surface area contributed by atoms with Gasteiger partial charge < -0.3 is 0 Å². The molecule has 2 aromatic heterocycles. The van der Waals surface area contributed by atoms with E-state index in [0.717, 1.165) is 11.3 Å². The summed E-state index contributed by atoms with van der Waals surface area (Å²) in [6, 6.07) is 19.6. The monoisotopic (exact) mass is 344 g/mol. The maximum absolute atomic E-state index is 13.2. The third-order valence-corrected chi connectivity index (χ3v) is 4.27. The molecule has 4 rings (SSSR count). The van der Waals surface area contributed by atoms with Crippen LogP contribution in [-0.4, -0.2) is 19.3 Å². The molecule has 2 aromatic carbocycles. The minimum atomic E-state index is -0.0512. The first-order chi connectivity index (χ1) is 12.6. The predicted molar refractivity (Wildman–Crippen MR) is 103 cm³/mol. The van der Waals surface area contributed by atoms with Gasteiger partial charge >= 0.3 is 0 Å². The van der Waals surface area contributed by atoms with Gasteiger partial charge in [-0.15, -0.1) is 0 Å². The molecule has 0 aliphatic carbocycles. The summed E-state index contributed by atoms with van der Waals surface area (Å²) >= 11 is 0. The molecular weight excluding hydrogens is 324 g/mol. The van der Waals surface area contributed by atoms with Crippen molar-refractivity contribution in [3.8, 4) is 17.1 Å². The molecule has 0 spiro atoms. The second kappa shape index (κ2) is 6.59. The van der Waals surface area contributed by atoms with E-state index in [0.29, 0.717) is 29.3 Å². The summed E-state index contributed by atoms with van der Waals surface area (Å²) in [6.45, 7) is 4.81. The number of hydrogen-bond acceptors (Lipinski definition) is 3. The van der Waals surface area contributed by atoms with E-state index in [1.54, 1.807) is 15.4 Å². The molecule has 0 saturated heterocycles. The first-order valence-corrected chi connectivity index (χ1v) is 8.74. The summed E-state index contributed by atoms with van der Waals surface area (Å²) < 4.78 is 3.49. The van der Waals surface area contributed by atoms with Crippen molar-refractivity contribution in [2.45, 2.75) is 20.4 Å². The fourth-order valence-electron chi connectivity index (χ4n) is 3.10. The van der Waals surface area contributed by atoms with Crippen LogP contribution in [-0.2, 0) is 6.54 Å². The molecular formula is C21H20N4O. The van der Waals surface area contributed by atoms with E-state index in [9.17, 15) is 4.79 Å². The van der Waals surface area contributed by atoms with Gasteiger partial charge in [-0.2, -0.15) is 5.10 Å². The summed E-state index contributed by atoms with van der Waals surface area (Å²) in [5.74, 6) is 1.01. The van der Waals surface area contributed by atoms with Crippen LogP contribution in [0.2, 0.25) is 0 Å². The first kappa shape index (κ1) is 16.3. The van der Waals surface area contributed by atoms with Gasteiger partial charge in [0.1, 0.15) is 11.2 Å². The average Bonchev–Trinajstić information content (AvgIpc) is 3.09. The zero-order valence-corrected chi connectivity index (χ0v) is 14.8. The highest BCUT2D eigenvalue weighted by molar-refractivity contribution is 5.77. The number of fused-ring (bicyclic) bond motifs is 1. The fourth-order valence-corrected chi connectivity index (χ4v) is 3.10. The van der Waals surface area contributed by atoms with Crippen molar-refractivity contribution < 1.29 is 0 Å². The first-order valence-electron chi connectivity index (χ1n) is 8.74. The van der Waals surface area contributed by atoms with Crippen LogP contribution < -0.4 is 5.56 Å². The van der Waals surface area contributed by atoms with E-state index in [-0.39, 0.29) is 5.56 Å². The van der Waals surface area contributed by atoms with Crippen LogP contribution in [0.4, 0.5) is 0 Å². The fraction of sp³-hybridized carbons (Fsp3) is 0.190. The van der Waals surface area contributed by atoms with Crippen molar-refractivity contribution in [3.63, 3.8) is 0 Å². The Kier molecular flexibility index (Phi) is 4.13. The van der Waals surface area contributed by atoms with Crippen LogP contribution in [0.5, 0.6) is 0 Å². The molecule has 0 aliphatic rings. The zero-order chi connectivity index (χ0) is 18.1. The van der Waals surface area contributed by atoms with Gasteiger partial charge in [0.2, 0.25) is 0 Å². The Morgan fingerprint density at radius 1 is 0.962 bits per heavy atom. The minimum Gasteiger partial charge on any atom is -0.292 e. The molecule has 5 nitrogen and oxygen atoms in total. The Balaban J connectivity index is 2.02. The second-order valence-electron chi connectivity index (χ2n) is 6.74. The van der Waals surface area contributed by atoms with E-state index < -0.39 is 0 Å². The predicted octanol–water partition coefficient (Wildman–Crippen LogP) is 3.91. The molecule has 0 amide bonds. The third kappa shape index (κ3) is 2.81. The van der Waals surface area contributed by atoms with Crippen LogP contribution >= 0.6 is 0 Å². The topological polar surface area (TPSA) is 52.7 Å². The molecule has 26 heavy (non-hydrogen) atoms. The van der Waals surface area contributed by atoms with Gasteiger partial charge in [-0.1, -0.05) is 62.4 Å². The van der Waals surface area contributed by atoms with Gasteiger partial charge in [-0.05, 0) is 18.1 Å². The number of aromatic nitrogens is 4. The largest absolute Gasteiger partial charge is 0.292 e. The lowest BCUT2D eigenvalue weighted by molar-refractivity contribution is 0.513. The Morgan fingerprint density at radius 3 is 2.27 bits per heavy atom. The van der Waals surface area contributed by atoms with Crippen molar-refractivity contribution >= 4 is 11.0 Å². The second-order valence-corrected chi connectivity index (χ2v) is 6.74. The van der Waals surface area contributed by atoms with E-state index in [1.165, 1.54) is 0 Å². The molecule has 4 aromatic rings. The summed E-state index contributed by atoms with van der Waals surface area (Å²) in [7, 11) is 0. The average molecular weight is 344 g/mol. The van der Waals surface area contributed by atoms with Crippen molar-refractivity contribution in [1.82, 2.24) is 19.3 Å². The molecule has 0 saturated carbocycles. The summed E-state index contributed by atoms with van der Waals surface area (Å²) in [5, 5.41) is 4.96. The molecule has 0 N–H and O–H groups in total. The quantitative estimate of drug-likeness (QED) is 0.564. The third-order valence-electron chi connectivity index (χ3n) is 4.27. The number of hydrogen-bond donors (Lipinski definition) is 0. The molecule has 130 valence electrons. The zero-order valence-electron chi connectivity index (χ0n) is 14.8. The Morgan fingerprint density at radius 2 is 1.62 bits per heavy atom. The van der Waals surface area contributed by atoms with Gasteiger partial charge in [0, 0.05) is 12.1 Å². The lowest BCUT2D eigenvalue weighted by atomic mass is 10.1. The van der Waals surface area contributed by atoms with Crippen molar-refractivity contribution in [1.29, 1.82) is 0 Å². The van der Waals surface area contributed by atoms with Crippen LogP contribution in [0.1, 0.15) is 13.8 Å².